The molecular weight excluding hydrogens is 514 g/mol. The standard InChI is InChI=1S/C28H37N7O3S/c1-27(2,3)16-9-10-17-18(12-16)34-20(33-17)8-6-7-11-39-13-19-22-23(38-28(4,5)37-22)26(36-19)35-15-32-21-24(29)30-14-31-25(21)35/h9-10,12,14-15,19,22-23,26H,6-8,11,13H2,1-5H3,(H,33,34)(H2,29,30,31)/t19-,22-,23+,26-/m1/s1. The van der Waals surface area contributed by atoms with Crippen LogP contribution in [0.1, 0.15) is 65.1 Å². The Morgan fingerprint density at radius 2 is 1.92 bits per heavy atom. The number of nitrogen functional groups attached to an aromatic ring is 1. The lowest BCUT2D eigenvalue weighted by Gasteiger charge is -2.24. The third-order valence-corrected chi connectivity index (χ3v) is 8.56. The topological polar surface area (TPSA) is 126 Å². The predicted molar refractivity (Wildman–Crippen MR) is 153 cm³/mol. The van der Waals surface area contributed by atoms with Crippen LogP contribution in [0.4, 0.5) is 5.82 Å². The Morgan fingerprint density at radius 3 is 2.74 bits per heavy atom. The van der Waals surface area contributed by atoms with Crippen LogP contribution in [0.15, 0.2) is 30.9 Å². The molecular formula is C28H37N7O3S. The van der Waals surface area contributed by atoms with Crippen molar-refractivity contribution in [1.82, 2.24) is 29.5 Å². The van der Waals surface area contributed by atoms with Crippen molar-refractivity contribution in [2.24, 2.45) is 0 Å². The van der Waals surface area contributed by atoms with E-state index in [4.69, 9.17) is 24.9 Å². The van der Waals surface area contributed by atoms with Gasteiger partial charge in [0.05, 0.1) is 23.5 Å². The van der Waals surface area contributed by atoms with Crippen molar-refractivity contribution in [3.8, 4) is 0 Å². The maximum Gasteiger partial charge on any atom is 0.167 e. The van der Waals surface area contributed by atoms with Crippen LogP contribution in [-0.4, -0.2) is 65.1 Å². The molecule has 3 N–H and O–H groups in total. The van der Waals surface area contributed by atoms with Crippen molar-refractivity contribution in [3.63, 3.8) is 0 Å². The molecule has 2 aliphatic heterocycles. The second-order valence-corrected chi connectivity index (χ2v) is 13.1. The molecule has 4 atom stereocenters. The van der Waals surface area contributed by atoms with Gasteiger partial charge in [-0.15, -0.1) is 0 Å². The maximum atomic E-state index is 6.49. The van der Waals surface area contributed by atoms with E-state index in [1.54, 1.807) is 6.33 Å². The van der Waals surface area contributed by atoms with E-state index in [2.05, 4.69) is 58.9 Å². The molecule has 0 aliphatic carbocycles. The number of anilines is 1. The van der Waals surface area contributed by atoms with E-state index >= 15 is 0 Å². The van der Waals surface area contributed by atoms with Crippen LogP contribution >= 0.6 is 11.8 Å². The number of hydrogen-bond donors (Lipinski definition) is 2. The molecule has 6 rings (SSSR count). The highest BCUT2D eigenvalue weighted by Crippen LogP contribution is 2.44. The summed E-state index contributed by atoms with van der Waals surface area (Å²) in [5.74, 6) is 2.59. The number of unbranched alkanes of at least 4 members (excludes halogenated alkanes) is 1. The first-order valence-corrected chi connectivity index (χ1v) is 14.8. The van der Waals surface area contributed by atoms with E-state index in [1.807, 2.05) is 30.2 Å². The van der Waals surface area contributed by atoms with Gasteiger partial charge < -0.3 is 24.9 Å². The van der Waals surface area contributed by atoms with Crippen LogP contribution < -0.4 is 5.73 Å². The summed E-state index contributed by atoms with van der Waals surface area (Å²) in [5, 5.41) is 0. The summed E-state index contributed by atoms with van der Waals surface area (Å²) in [7, 11) is 0. The molecule has 10 nitrogen and oxygen atoms in total. The monoisotopic (exact) mass is 551 g/mol. The van der Waals surface area contributed by atoms with Gasteiger partial charge in [-0.2, -0.15) is 11.8 Å². The molecule has 0 saturated carbocycles. The fraction of sp³-hybridized carbons (Fsp3) is 0.571. The summed E-state index contributed by atoms with van der Waals surface area (Å²) in [4.78, 5) is 21.2. The first-order chi connectivity index (χ1) is 18.6. The second kappa shape index (κ2) is 10.0. The highest BCUT2D eigenvalue weighted by molar-refractivity contribution is 7.99. The van der Waals surface area contributed by atoms with E-state index < -0.39 is 12.0 Å². The van der Waals surface area contributed by atoms with E-state index in [-0.39, 0.29) is 23.7 Å². The zero-order valence-electron chi connectivity index (χ0n) is 23.2. The minimum atomic E-state index is -0.676. The van der Waals surface area contributed by atoms with E-state index in [1.165, 1.54) is 11.9 Å². The molecule has 11 heteroatoms. The molecule has 2 fully saturated rings. The third-order valence-electron chi connectivity index (χ3n) is 7.42. The summed E-state index contributed by atoms with van der Waals surface area (Å²) in [6.07, 6.45) is 5.34. The lowest BCUT2D eigenvalue weighted by atomic mass is 9.87. The first-order valence-electron chi connectivity index (χ1n) is 13.6. The van der Waals surface area contributed by atoms with Crippen molar-refractivity contribution < 1.29 is 14.2 Å². The van der Waals surface area contributed by atoms with Gasteiger partial charge in [-0.25, -0.2) is 19.9 Å². The Labute approximate surface area is 232 Å². The van der Waals surface area contributed by atoms with Crippen molar-refractivity contribution in [1.29, 1.82) is 0 Å². The molecule has 2 saturated heterocycles. The van der Waals surface area contributed by atoms with E-state index in [0.717, 1.165) is 47.6 Å². The Hall–Kier alpha value is -2.73. The maximum absolute atomic E-state index is 6.49. The number of thioether (sulfide) groups is 1. The minimum Gasteiger partial charge on any atom is -0.382 e. The zero-order chi connectivity index (χ0) is 27.4. The highest BCUT2D eigenvalue weighted by Gasteiger charge is 2.56. The van der Waals surface area contributed by atoms with Crippen LogP contribution in [-0.2, 0) is 26.0 Å². The smallest absolute Gasteiger partial charge is 0.167 e. The van der Waals surface area contributed by atoms with Crippen LogP contribution in [0.25, 0.3) is 22.2 Å². The lowest BCUT2D eigenvalue weighted by Crippen LogP contribution is -2.31. The van der Waals surface area contributed by atoms with E-state index in [0.29, 0.717) is 17.0 Å². The lowest BCUT2D eigenvalue weighted by molar-refractivity contribution is -0.193. The number of nitrogens with zero attached hydrogens (tertiary/aromatic N) is 5. The van der Waals surface area contributed by atoms with Crippen molar-refractivity contribution >= 4 is 39.8 Å². The number of hydrogen-bond acceptors (Lipinski definition) is 9. The normalized spacial score (nSPS) is 24.6. The number of aromatic nitrogens is 6. The van der Waals surface area contributed by atoms with Gasteiger partial charge >= 0.3 is 0 Å². The molecule has 39 heavy (non-hydrogen) atoms. The van der Waals surface area contributed by atoms with E-state index in [9.17, 15) is 0 Å². The second-order valence-electron chi connectivity index (χ2n) is 11.9. The average molecular weight is 552 g/mol. The van der Waals surface area contributed by atoms with Crippen LogP contribution in [0, 0.1) is 0 Å². The fourth-order valence-electron chi connectivity index (χ4n) is 5.41. The zero-order valence-corrected chi connectivity index (χ0v) is 24.0. The number of nitrogens with two attached hydrogens (primary N) is 1. The number of aromatic amines is 1. The molecule has 2 aliphatic rings. The van der Waals surface area contributed by atoms with Crippen molar-refractivity contribution in [2.45, 2.75) is 89.6 Å². The molecule has 0 unspecified atom stereocenters. The molecule has 0 bridgehead atoms. The van der Waals surface area contributed by atoms with Gasteiger partial charge in [-0.3, -0.25) is 4.57 Å². The number of nitrogens with one attached hydrogen (secondary N) is 1. The quantitative estimate of drug-likeness (QED) is 0.298. The molecule has 1 aromatic carbocycles. The third kappa shape index (κ3) is 5.25. The summed E-state index contributed by atoms with van der Waals surface area (Å²) in [6.45, 7) is 10.6. The number of H-pyrrole nitrogens is 1. The van der Waals surface area contributed by atoms with Crippen LogP contribution in [0.2, 0.25) is 0 Å². The molecule has 3 aromatic heterocycles. The first kappa shape index (κ1) is 26.5. The van der Waals surface area contributed by atoms with Gasteiger partial charge in [0.15, 0.2) is 23.5 Å². The molecule has 0 radical (unpaired) electrons. The summed E-state index contributed by atoms with van der Waals surface area (Å²) >= 11 is 1.89. The largest absolute Gasteiger partial charge is 0.382 e. The van der Waals surface area contributed by atoms with Gasteiger partial charge in [0, 0.05) is 12.2 Å². The van der Waals surface area contributed by atoms with Gasteiger partial charge in [0.25, 0.3) is 0 Å². The predicted octanol–water partition coefficient (Wildman–Crippen LogP) is 4.76. The number of imidazole rings is 2. The Morgan fingerprint density at radius 1 is 1.10 bits per heavy atom. The molecule has 4 aromatic rings. The summed E-state index contributed by atoms with van der Waals surface area (Å²) in [5.41, 5.74) is 10.8. The van der Waals surface area contributed by atoms with Gasteiger partial charge in [0.2, 0.25) is 0 Å². The van der Waals surface area contributed by atoms with Crippen LogP contribution in [0.5, 0.6) is 0 Å². The van der Waals surface area contributed by atoms with Gasteiger partial charge in [-0.1, -0.05) is 26.8 Å². The average Bonchev–Trinajstić information content (AvgIpc) is 3.62. The number of ether oxygens (including phenoxy) is 3. The van der Waals surface area contributed by atoms with Gasteiger partial charge in [0.1, 0.15) is 29.9 Å². The molecule has 0 spiro atoms. The van der Waals surface area contributed by atoms with Gasteiger partial charge in [-0.05, 0) is 55.6 Å². The molecule has 0 amide bonds. The molecule has 5 heterocycles. The SMILES string of the molecule is CC1(C)O[C@H]2[C@H](O1)[C@@H](CSCCCCc1nc3cc(C(C)(C)C)ccc3[nH]1)O[C@H]2n1cnc2c(N)ncnc21. The van der Waals surface area contributed by atoms with Crippen molar-refractivity contribution in [3.05, 3.63) is 42.2 Å². The number of aryl methyl sites for hydroxylation is 1. The highest BCUT2D eigenvalue weighted by atomic mass is 32.2. The Balaban J connectivity index is 1.03. The number of fused-ring (bicyclic) bond motifs is 3. The Kier molecular flexibility index (Phi) is 6.81. The van der Waals surface area contributed by atoms with Crippen LogP contribution in [0.3, 0.4) is 0 Å². The number of benzene rings is 1. The fourth-order valence-corrected chi connectivity index (χ4v) is 6.49. The Bertz CT molecular complexity index is 1480. The minimum absolute atomic E-state index is 0.101. The summed E-state index contributed by atoms with van der Waals surface area (Å²) in [6, 6.07) is 6.55. The summed E-state index contributed by atoms with van der Waals surface area (Å²) < 4.78 is 20.9. The van der Waals surface area contributed by atoms with Crippen molar-refractivity contribution in [2.75, 3.05) is 17.2 Å². The number of rotatable bonds is 8. The molecule has 208 valence electrons.